The standard InChI is InChI=1S/C22H25N3OS/c1-2-25(18-10-4-3-5-11-18)21(26)16-24-14-8-9-17(15-24)22-23-19-12-6-7-13-20(19)27-22/h3-7,10-13,17H,2,8-9,14-16H2,1H3/t17-/m0/s1. The summed E-state index contributed by atoms with van der Waals surface area (Å²) in [7, 11) is 0. The van der Waals surface area contributed by atoms with Gasteiger partial charge >= 0.3 is 0 Å². The summed E-state index contributed by atoms with van der Waals surface area (Å²) < 4.78 is 1.25. The number of para-hydroxylation sites is 2. The molecule has 140 valence electrons. The van der Waals surface area contributed by atoms with Crippen LogP contribution in [0.2, 0.25) is 0 Å². The molecule has 4 nitrogen and oxygen atoms in total. The Labute approximate surface area is 164 Å². The zero-order valence-electron chi connectivity index (χ0n) is 15.7. The van der Waals surface area contributed by atoms with E-state index in [1.165, 1.54) is 9.71 Å². The molecule has 5 heteroatoms. The summed E-state index contributed by atoms with van der Waals surface area (Å²) in [4.78, 5) is 21.9. The van der Waals surface area contributed by atoms with Crippen LogP contribution in [0.1, 0.15) is 30.7 Å². The van der Waals surface area contributed by atoms with Crippen LogP contribution in [-0.4, -0.2) is 42.0 Å². The molecule has 0 unspecified atom stereocenters. The first-order valence-electron chi connectivity index (χ1n) is 9.68. The van der Waals surface area contributed by atoms with Crippen LogP contribution < -0.4 is 4.90 Å². The molecule has 2 heterocycles. The molecule has 1 aliphatic heterocycles. The topological polar surface area (TPSA) is 36.4 Å². The van der Waals surface area contributed by atoms with Crippen LogP contribution in [-0.2, 0) is 4.79 Å². The van der Waals surface area contributed by atoms with Crippen molar-refractivity contribution in [3.05, 3.63) is 59.6 Å². The Morgan fingerprint density at radius 1 is 1.19 bits per heavy atom. The number of likely N-dealkylation sites (N-methyl/N-ethyl adjacent to an activating group) is 1. The van der Waals surface area contributed by atoms with Gasteiger partial charge in [-0.3, -0.25) is 9.69 Å². The fraction of sp³-hybridized carbons (Fsp3) is 0.364. The molecule has 1 aliphatic rings. The Bertz CT molecular complexity index is 875. The molecule has 27 heavy (non-hydrogen) atoms. The molecule has 0 bridgehead atoms. The van der Waals surface area contributed by atoms with Crippen molar-refractivity contribution in [1.29, 1.82) is 0 Å². The van der Waals surface area contributed by atoms with Crippen LogP contribution in [0.3, 0.4) is 0 Å². The lowest BCUT2D eigenvalue weighted by atomic mass is 9.98. The number of carbonyl (C=O) groups is 1. The van der Waals surface area contributed by atoms with Crippen molar-refractivity contribution in [2.45, 2.75) is 25.7 Å². The monoisotopic (exact) mass is 379 g/mol. The number of piperidine rings is 1. The summed E-state index contributed by atoms with van der Waals surface area (Å²) in [5.41, 5.74) is 2.07. The van der Waals surface area contributed by atoms with Crippen molar-refractivity contribution in [2.24, 2.45) is 0 Å². The van der Waals surface area contributed by atoms with Gasteiger partial charge < -0.3 is 4.90 Å². The van der Waals surface area contributed by atoms with E-state index in [0.717, 1.165) is 37.1 Å². The predicted octanol–water partition coefficient (Wildman–Crippen LogP) is 4.53. The maximum absolute atomic E-state index is 12.9. The van der Waals surface area contributed by atoms with Gasteiger partial charge in [0.1, 0.15) is 0 Å². The van der Waals surface area contributed by atoms with Crippen molar-refractivity contribution in [2.75, 3.05) is 31.1 Å². The Kier molecular flexibility index (Phi) is 5.50. The number of carbonyl (C=O) groups excluding carboxylic acids is 1. The first-order chi connectivity index (χ1) is 13.2. The van der Waals surface area contributed by atoms with E-state index in [1.807, 2.05) is 48.2 Å². The highest BCUT2D eigenvalue weighted by molar-refractivity contribution is 7.18. The SMILES string of the molecule is CCN(C(=O)CN1CCC[C@H](c2nc3ccccc3s2)C1)c1ccccc1. The zero-order valence-corrected chi connectivity index (χ0v) is 16.5. The van der Waals surface area contributed by atoms with Gasteiger partial charge in [0.15, 0.2) is 0 Å². The molecule has 0 saturated carbocycles. The third-order valence-electron chi connectivity index (χ3n) is 5.21. The van der Waals surface area contributed by atoms with Crippen molar-refractivity contribution in [3.8, 4) is 0 Å². The van der Waals surface area contributed by atoms with Crippen LogP contribution >= 0.6 is 11.3 Å². The molecular weight excluding hydrogens is 354 g/mol. The summed E-state index contributed by atoms with van der Waals surface area (Å²) in [6.45, 7) is 5.10. The number of rotatable bonds is 5. The highest BCUT2D eigenvalue weighted by Gasteiger charge is 2.26. The second-order valence-corrected chi connectivity index (χ2v) is 8.13. The maximum atomic E-state index is 12.9. The summed E-state index contributed by atoms with van der Waals surface area (Å²) in [6, 6.07) is 18.3. The lowest BCUT2D eigenvalue weighted by Gasteiger charge is -2.33. The second kappa shape index (κ2) is 8.19. The number of nitrogens with zero attached hydrogens (tertiary/aromatic N) is 3. The molecule has 0 aliphatic carbocycles. The number of hydrogen-bond acceptors (Lipinski definition) is 4. The minimum absolute atomic E-state index is 0.175. The van der Waals surface area contributed by atoms with Crippen LogP contribution in [0.25, 0.3) is 10.2 Å². The third kappa shape index (κ3) is 4.04. The van der Waals surface area contributed by atoms with Gasteiger partial charge in [-0.2, -0.15) is 0 Å². The van der Waals surface area contributed by atoms with Gasteiger partial charge in [0.2, 0.25) is 5.91 Å². The van der Waals surface area contributed by atoms with E-state index < -0.39 is 0 Å². The highest BCUT2D eigenvalue weighted by atomic mass is 32.1. The van der Waals surface area contributed by atoms with Gasteiger partial charge in [0, 0.05) is 24.7 Å². The van der Waals surface area contributed by atoms with E-state index >= 15 is 0 Å². The molecule has 0 radical (unpaired) electrons. The lowest BCUT2D eigenvalue weighted by molar-refractivity contribution is -0.120. The van der Waals surface area contributed by atoms with Crippen molar-refractivity contribution in [1.82, 2.24) is 9.88 Å². The van der Waals surface area contributed by atoms with E-state index in [2.05, 4.69) is 23.1 Å². The molecule has 1 amide bonds. The minimum atomic E-state index is 0.175. The van der Waals surface area contributed by atoms with E-state index in [0.29, 0.717) is 19.0 Å². The molecule has 1 aromatic heterocycles. The van der Waals surface area contributed by atoms with Crippen LogP contribution in [0.5, 0.6) is 0 Å². The molecule has 0 N–H and O–H groups in total. The predicted molar refractivity (Wildman–Crippen MR) is 113 cm³/mol. The summed E-state index contributed by atoms with van der Waals surface area (Å²) in [6.07, 6.45) is 2.27. The second-order valence-electron chi connectivity index (χ2n) is 7.07. The zero-order chi connectivity index (χ0) is 18.6. The van der Waals surface area contributed by atoms with E-state index in [-0.39, 0.29) is 5.91 Å². The van der Waals surface area contributed by atoms with Crippen LogP contribution in [0, 0.1) is 0 Å². The fourth-order valence-electron chi connectivity index (χ4n) is 3.85. The van der Waals surface area contributed by atoms with Gasteiger partial charge in [0.05, 0.1) is 21.8 Å². The number of hydrogen-bond donors (Lipinski definition) is 0. The Balaban J connectivity index is 1.44. The molecule has 1 atom stereocenters. The first kappa shape index (κ1) is 18.1. The number of aromatic nitrogens is 1. The van der Waals surface area contributed by atoms with Gasteiger partial charge in [-0.1, -0.05) is 30.3 Å². The number of fused-ring (bicyclic) bond motifs is 1. The van der Waals surface area contributed by atoms with Gasteiger partial charge in [-0.05, 0) is 50.6 Å². The smallest absolute Gasteiger partial charge is 0.241 e. The lowest BCUT2D eigenvalue weighted by Crippen LogP contribution is -2.44. The maximum Gasteiger partial charge on any atom is 0.241 e. The number of anilines is 1. The largest absolute Gasteiger partial charge is 0.312 e. The van der Waals surface area contributed by atoms with Crippen molar-refractivity contribution >= 4 is 33.1 Å². The van der Waals surface area contributed by atoms with Crippen molar-refractivity contribution < 1.29 is 4.79 Å². The minimum Gasteiger partial charge on any atom is -0.312 e. The molecule has 0 spiro atoms. The molecular formula is C22H25N3OS. The van der Waals surface area contributed by atoms with E-state index in [4.69, 9.17) is 4.98 Å². The fourth-order valence-corrected chi connectivity index (χ4v) is 4.95. The Hall–Kier alpha value is -2.24. The normalized spacial score (nSPS) is 17.9. The Morgan fingerprint density at radius 2 is 1.96 bits per heavy atom. The number of likely N-dealkylation sites (tertiary alicyclic amines) is 1. The Morgan fingerprint density at radius 3 is 2.74 bits per heavy atom. The molecule has 1 saturated heterocycles. The summed E-state index contributed by atoms with van der Waals surface area (Å²) >= 11 is 1.80. The van der Waals surface area contributed by atoms with Gasteiger partial charge in [-0.25, -0.2) is 4.98 Å². The highest BCUT2D eigenvalue weighted by Crippen LogP contribution is 2.33. The van der Waals surface area contributed by atoms with E-state index in [9.17, 15) is 4.79 Å². The summed E-state index contributed by atoms with van der Waals surface area (Å²) in [5, 5.41) is 1.21. The van der Waals surface area contributed by atoms with Gasteiger partial charge in [-0.15, -0.1) is 11.3 Å². The summed E-state index contributed by atoms with van der Waals surface area (Å²) in [5.74, 6) is 0.601. The molecule has 3 aromatic rings. The molecule has 1 fully saturated rings. The van der Waals surface area contributed by atoms with E-state index in [1.54, 1.807) is 11.3 Å². The average Bonchev–Trinajstić information content (AvgIpc) is 3.14. The average molecular weight is 380 g/mol. The van der Waals surface area contributed by atoms with Crippen LogP contribution in [0.15, 0.2) is 54.6 Å². The van der Waals surface area contributed by atoms with Gasteiger partial charge in [0.25, 0.3) is 0 Å². The molecule has 2 aromatic carbocycles. The molecule has 4 rings (SSSR count). The number of thiazole rings is 1. The number of amides is 1. The number of benzene rings is 2. The van der Waals surface area contributed by atoms with Crippen LogP contribution in [0.4, 0.5) is 5.69 Å². The first-order valence-corrected chi connectivity index (χ1v) is 10.5. The van der Waals surface area contributed by atoms with Crippen molar-refractivity contribution in [3.63, 3.8) is 0 Å². The quantitative estimate of drug-likeness (QED) is 0.653. The third-order valence-corrected chi connectivity index (χ3v) is 6.41.